The van der Waals surface area contributed by atoms with E-state index >= 15 is 0 Å². The van der Waals surface area contributed by atoms with Crippen LogP contribution in [0.5, 0.6) is 0 Å². The Hall–Kier alpha value is -1.65. The largest absolute Gasteiger partial charge is 0.368 e. The predicted octanol–water partition coefficient (Wildman–Crippen LogP) is 0.0707. The van der Waals surface area contributed by atoms with Crippen LogP contribution in [0.25, 0.3) is 0 Å². The first-order valence-electron chi connectivity index (χ1n) is 3.96. The molecular weight excluding hydrogens is 168 g/mol. The summed E-state index contributed by atoms with van der Waals surface area (Å²) in [6.45, 7) is 3.51. The van der Waals surface area contributed by atoms with Crippen molar-refractivity contribution in [2.45, 2.75) is 19.9 Å². The zero-order chi connectivity index (χ0) is 9.84. The summed E-state index contributed by atoms with van der Waals surface area (Å²) in [5.41, 5.74) is 5.89. The average Bonchev–Trinajstić information content (AvgIpc) is 2.08. The van der Waals surface area contributed by atoms with Gasteiger partial charge in [0.05, 0.1) is 5.69 Å². The van der Waals surface area contributed by atoms with Gasteiger partial charge in [0.2, 0.25) is 5.91 Å². The van der Waals surface area contributed by atoms with Crippen LogP contribution in [0.15, 0.2) is 12.1 Å². The van der Waals surface area contributed by atoms with Crippen molar-refractivity contribution in [3.63, 3.8) is 0 Å². The molecule has 5 heteroatoms. The number of primary amides is 1. The number of rotatable bonds is 3. The number of nitrogens with two attached hydrogens (primary N) is 1. The molecule has 0 saturated carbocycles. The van der Waals surface area contributed by atoms with Crippen molar-refractivity contribution < 1.29 is 4.79 Å². The Labute approximate surface area is 76.4 Å². The smallest absolute Gasteiger partial charge is 0.239 e. The number of aromatic nitrogens is 2. The number of anilines is 1. The minimum absolute atomic E-state index is 0.414. The van der Waals surface area contributed by atoms with Crippen molar-refractivity contribution in [1.82, 2.24) is 10.2 Å². The standard InChI is InChI=1S/C8H12N4O/c1-5-3-4-7(12-11-5)10-6(2)8(9)13/h3-4,6H,1-2H3,(H2,9,13)(H,10,12). The fourth-order valence-corrected chi connectivity index (χ4v) is 0.769. The van der Waals surface area contributed by atoms with Gasteiger partial charge < -0.3 is 11.1 Å². The van der Waals surface area contributed by atoms with Crippen LogP contribution < -0.4 is 11.1 Å². The summed E-state index contributed by atoms with van der Waals surface area (Å²) in [5.74, 6) is 0.138. The first-order chi connectivity index (χ1) is 6.09. The molecule has 1 aromatic heterocycles. The monoisotopic (exact) mass is 180 g/mol. The lowest BCUT2D eigenvalue weighted by Gasteiger charge is -2.09. The molecule has 0 aliphatic carbocycles. The number of hydrogen-bond donors (Lipinski definition) is 2. The van der Waals surface area contributed by atoms with Crippen molar-refractivity contribution in [3.05, 3.63) is 17.8 Å². The van der Waals surface area contributed by atoms with Crippen LogP contribution in [0.2, 0.25) is 0 Å². The zero-order valence-electron chi connectivity index (χ0n) is 7.61. The molecule has 1 rings (SSSR count). The quantitative estimate of drug-likeness (QED) is 0.689. The van der Waals surface area contributed by atoms with Crippen LogP contribution >= 0.6 is 0 Å². The maximum absolute atomic E-state index is 10.7. The van der Waals surface area contributed by atoms with Gasteiger partial charge in [-0.3, -0.25) is 4.79 Å². The third-order valence-electron chi connectivity index (χ3n) is 1.59. The van der Waals surface area contributed by atoms with E-state index in [1.54, 1.807) is 13.0 Å². The highest BCUT2D eigenvalue weighted by Crippen LogP contribution is 2.02. The lowest BCUT2D eigenvalue weighted by atomic mass is 10.3. The van der Waals surface area contributed by atoms with Crippen molar-refractivity contribution in [2.24, 2.45) is 5.73 Å². The summed E-state index contributed by atoms with van der Waals surface area (Å²) >= 11 is 0. The van der Waals surface area contributed by atoms with Gasteiger partial charge >= 0.3 is 0 Å². The van der Waals surface area contributed by atoms with Crippen LogP contribution in [-0.4, -0.2) is 22.1 Å². The number of carbonyl (C=O) groups excluding carboxylic acids is 1. The number of aryl methyl sites for hydroxylation is 1. The Bertz CT molecular complexity index is 296. The Morgan fingerprint density at radius 3 is 2.69 bits per heavy atom. The third-order valence-corrected chi connectivity index (χ3v) is 1.59. The van der Waals surface area contributed by atoms with Crippen molar-refractivity contribution >= 4 is 11.7 Å². The van der Waals surface area contributed by atoms with Gasteiger partial charge in [-0.05, 0) is 26.0 Å². The van der Waals surface area contributed by atoms with Gasteiger partial charge in [-0.25, -0.2) is 0 Å². The highest BCUT2D eigenvalue weighted by molar-refractivity contribution is 5.82. The molecular formula is C8H12N4O. The van der Waals surface area contributed by atoms with E-state index in [4.69, 9.17) is 5.73 Å². The van der Waals surface area contributed by atoms with Gasteiger partial charge in [0.15, 0.2) is 0 Å². The lowest BCUT2D eigenvalue weighted by Crippen LogP contribution is -2.32. The van der Waals surface area contributed by atoms with Gasteiger partial charge in [0.25, 0.3) is 0 Å². The van der Waals surface area contributed by atoms with Crippen LogP contribution in [0, 0.1) is 6.92 Å². The maximum Gasteiger partial charge on any atom is 0.239 e. The molecule has 0 radical (unpaired) electrons. The average molecular weight is 180 g/mol. The van der Waals surface area contributed by atoms with Gasteiger partial charge in [-0.1, -0.05) is 0 Å². The Balaban J connectivity index is 2.64. The molecule has 70 valence electrons. The molecule has 0 aromatic carbocycles. The number of nitrogens with one attached hydrogen (secondary N) is 1. The summed E-state index contributed by atoms with van der Waals surface area (Å²) in [7, 11) is 0. The molecule has 1 heterocycles. The zero-order valence-corrected chi connectivity index (χ0v) is 7.61. The number of nitrogens with zero attached hydrogens (tertiary/aromatic N) is 2. The molecule has 0 aliphatic heterocycles. The fourth-order valence-electron chi connectivity index (χ4n) is 0.769. The van der Waals surface area contributed by atoms with E-state index in [0.717, 1.165) is 5.69 Å². The summed E-state index contributed by atoms with van der Waals surface area (Å²) < 4.78 is 0. The SMILES string of the molecule is Cc1ccc(NC(C)C(N)=O)nn1. The van der Waals surface area contributed by atoms with Crippen LogP contribution in [0.3, 0.4) is 0 Å². The van der Waals surface area contributed by atoms with Gasteiger partial charge in [-0.2, -0.15) is 5.10 Å². The van der Waals surface area contributed by atoms with E-state index in [1.807, 2.05) is 13.0 Å². The number of carbonyl (C=O) groups is 1. The van der Waals surface area contributed by atoms with Gasteiger partial charge in [0.1, 0.15) is 11.9 Å². The predicted molar refractivity (Wildman–Crippen MR) is 49.0 cm³/mol. The highest BCUT2D eigenvalue weighted by atomic mass is 16.1. The first-order valence-corrected chi connectivity index (χ1v) is 3.96. The fraction of sp³-hybridized carbons (Fsp3) is 0.375. The molecule has 3 N–H and O–H groups in total. The highest BCUT2D eigenvalue weighted by Gasteiger charge is 2.07. The molecule has 5 nitrogen and oxygen atoms in total. The van der Waals surface area contributed by atoms with Gasteiger partial charge in [0, 0.05) is 0 Å². The molecule has 13 heavy (non-hydrogen) atoms. The molecule has 0 bridgehead atoms. The van der Waals surface area contributed by atoms with E-state index in [9.17, 15) is 4.79 Å². The van der Waals surface area contributed by atoms with Crippen molar-refractivity contribution in [3.8, 4) is 0 Å². The van der Waals surface area contributed by atoms with E-state index in [2.05, 4.69) is 15.5 Å². The van der Waals surface area contributed by atoms with E-state index < -0.39 is 11.9 Å². The minimum atomic E-state index is -0.433. The van der Waals surface area contributed by atoms with Crippen LogP contribution in [0.1, 0.15) is 12.6 Å². The Morgan fingerprint density at radius 2 is 2.23 bits per heavy atom. The summed E-state index contributed by atoms with van der Waals surface area (Å²) in [5, 5.41) is 10.5. The maximum atomic E-state index is 10.7. The molecule has 0 aliphatic rings. The third kappa shape index (κ3) is 2.70. The molecule has 1 atom stereocenters. The second kappa shape index (κ2) is 3.84. The van der Waals surface area contributed by atoms with E-state index in [-0.39, 0.29) is 0 Å². The normalized spacial score (nSPS) is 12.2. The second-order valence-electron chi connectivity index (χ2n) is 2.83. The summed E-state index contributed by atoms with van der Waals surface area (Å²) in [6.07, 6.45) is 0. The molecule has 1 amide bonds. The summed E-state index contributed by atoms with van der Waals surface area (Å²) in [6, 6.07) is 3.13. The van der Waals surface area contributed by atoms with E-state index in [1.165, 1.54) is 0 Å². The molecule has 0 spiro atoms. The van der Waals surface area contributed by atoms with E-state index in [0.29, 0.717) is 5.82 Å². The van der Waals surface area contributed by atoms with Gasteiger partial charge in [-0.15, -0.1) is 5.10 Å². The second-order valence-corrected chi connectivity index (χ2v) is 2.83. The molecule has 0 fully saturated rings. The van der Waals surface area contributed by atoms with Crippen LogP contribution in [0.4, 0.5) is 5.82 Å². The number of amides is 1. The Morgan fingerprint density at radius 1 is 1.54 bits per heavy atom. The Kier molecular flexibility index (Phi) is 2.79. The number of hydrogen-bond acceptors (Lipinski definition) is 4. The van der Waals surface area contributed by atoms with Crippen molar-refractivity contribution in [2.75, 3.05) is 5.32 Å². The first kappa shape index (κ1) is 9.44. The van der Waals surface area contributed by atoms with Crippen molar-refractivity contribution in [1.29, 1.82) is 0 Å². The minimum Gasteiger partial charge on any atom is -0.368 e. The topological polar surface area (TPSA) is 80.9 Å². The van der Waals surface area contributed by atoms with Crippen LogP contribution in [-0.2, 0) is 4.79 Å². The summed E-state index contributed by atoms with van der Waals surface area (Å²) in [4.78, 5) is 10.7. The molecule has 1 aromatic rings. The molecule has 1 unspecified atom stereocenters. The lowest BCUT2D eigenvalue weighted by molar-refractivity contribution is -0.118. The molecule has 0 saturated heterocycles.